The van der Waals surface area contributed by atoms with Crippen LogP contribution in [0.2, 0.25) is 0 Å². The summed E-state index contributed by atoms with van der Waals surface area (Å²) in [6, 6.07) is 7.77. The number of nitrogens with one attached hydrogen (secondary N) is 2. The van der Waals surface area contributed by atoms with E-state index in [0.29, 0.717) is 12.4 Å². The number of aromatic amines is 1. The highest BCUT2D eigenvalue weighted by molar-refractivity contribution is 5.94. The van der Waals surface area contributed by atoms with E-state index in [9.17, 15) is 4.79 Å². The van der Waals surface area contributed by atoms with Crippen LogP contribution in [-0.2, 0) is 4.74 Å². The minimum absolute atomic E-state index is 0.0179. The fourth-order valence-electron chi connectivity index (χ4n) is 3.80. The number of amides is 1. The number of ether oxygens (including phenoxy) is 1. The van der Waals surface area contributed by atoms with Gasteiger partial charge in [0.15, 0.2) is 5.82 Å². The molecular weight excluding hydrogens is 278 g/mol. The maximum Gasteiger partial charge on any atom is 0.287 e. The van der Waals surface area contributed by atoms with Crippen molar-refractivity contribution in [2.75, 3.05) is 6.61 Å². The summed E-state index contributed by atoms with van der Waals surface area (Å²) >= 11 is 0. The van der Waals surface area contributed by atoms with Crippen LogP contribution in [0.1, 0.15) is 49.1 Å². The summed E-state index contributed by atoms with van der Waals surface area (Å²) in [6.07, 6.45) is 6.97. The van der Waals surface area contributed by atoms with E-state index in [-0.39, 0.29) is 17.6 Å². The second kappa shape index (κ2) is 5.39. The predicted octanol–water partition coefficient (Wildman–Crippen LogP) is 2.78. The Balaban J connectivity index is 1.44. The summed E-state index contributed by atoms with van der Waals surface area (Å²) in [7, 11) is 0. The summed E-state index contributed by atoms with van der Waals surface area (Å²) in [5.41, 5.74) is 1.72. The van der Waals surface area contributed by atoms with Crippen LogP contribution in [0.4, 0.5) is 0 Å². The molecule has 1 aromatic carbocycles. The first-order valence-electron chi connectivity index (χ1n) is 8.14. The van der Waals surface area contributed by atoms with Gasteiger partial charge < -0.3 is 15.0 Å². The molecule has 0 unspecified atom stereocenters. The van der Waals surface area contributed by atoms with E-state index in [1.165, 1.54) is 19.3 Å². The molecule has 1 saturated carbocycles. The maximum atomic E-state index is 12.4. The van der Waals surface area contributed by atoms with Gasteiger partial charge >= 0.3 is 0 Å². The van der Waals surface area contributed by atoms with Crippen LogP contribution in [-0.4, -0.2) is 34.1 Å². The van der Waals surface area contributed by atoms with E-state index in [0.717, 1.165) is 30.3 Å². The number of benzene rings is 1. The number of aromatic nitrogens is 2. The van der Waals surface area contributed by atoms with Gasteiger partial charge in [-0.25, -0.2) is 4.98 Å². The second-order valence-corrected chi connectivity index (χ2v) is 6.53. The van der Waals surface area contributed by atoms with Gasteiger partial charge in [-0.1, -0.05) is 31.4 Å². The van der Waals surface area contributed by atoms with Crippen LogP contribution in [0.25, 0.3) is 11.0 Å². The first-order chi connectivity index (χ1) is 10.7. The lowest BCUT2D eigenvalue weighted by Crippen LogP contribution is -2.37. The summed E-state index contributed by atoms with van der Waals surface area (Å²) in [5.74, 6) is 0.239. The smallest absolute Gasteiger partial charge is 0.287 e. The Morgan fingerprint density at radius 3 is 2.91 bits per heavy atom. The number of carbonyl (C=O) groups excluding carboxylic acids is 1. The Bertz CT molecular complexity index is 655. The highest BCUT2D eigenvalue weighted by Gasteiger charge is 2.41. The molecule has 5 nitrogen and oxygen atoms in total. The number of imidazole rings is 1. The number of para-hydroxylation sites is 2. The molecular formula is C17H21N3O2. The van der Waals surface area contributed by atoms with Gasteiger partial charge in [-0.05, 0) is 31.4 Å². The molecule has 1 spiro atoms. The Morgan fingerprint density at radius 1 is 1.27 bits per heavy atom. The molecule has 116 valence electrons. The van der Waals surface area contributed by atoms with Crippen molar-refractivity contribution in [3.05, 3.63) is 30.1 Å². The van der Waals surface area contributed by atoms with Gasteiger partial charge in [-0.3, -0.25) is 4.79 Å². The average Bonchev–Trinajstić information content (AvgIpc) is 3.13. The Kier molecular flexibility index (Phi) is 3.37. The first-order valence-corrected chi connectivity index (χ1v) is 8.14. The van der Waals surface area contributed by atoms with Crippen molar-refractivity contribution in [1.29, 1.82) is 0 Å². The zero-order chi connectivity index (χ0) is 15.0. The normalized spacial score (nSPS) is 23.9. The summed E-state index contributed by atoms with van der Waals surface area (Å²) in [6.45, 7) is 0.617. The van der Waals surface area contributed by atoms with Gasteiger partial charge in [0.25, 0.3) is 5.91 Å². The van der Waals surface area contributed by atoms with E-state index in [4.69, 9.17) is 4.74 Å². The lowest BCUT2D eigenvalue weighted by atomic mass is 9.82. The number of nitrogens with zero attached hydrogens (tertiary/aromatic N) is 1. The molecule has 1 amide bonds. The fourth-order valence-corrected chi connectivity index (χ4v) is 3.80. The quantitative estimate of drug-likeness (QED) is 0.896. The molecule has 2 N–H and O–H groups in total. The van der Waals surface area contributed by atoms with E-state index < -0.39 is 0 Å². The zero-order valence-corrected chi connectivity index (χ0v) is 12.6. The molecule has 2 aliphatic rings. The van der Waals surface area contributed by atoms with Crippen LogP contribution in [0.3, 0.4) is 0 Å². The molecule has 5 heteroatoms. The molecule has 0 bridgehead atoms. The third-order valence-electron chi connectivity index (χ3n) is 4.91. The van der Waals surface area contributed by atoms with Crippen LogP contribution < -0.4 is 5.32 Å². The highest BCUT2D eigenvalue weighted by atomic mass is 16.5. The van der Waals surface area contributed by atoms with Crippen molar-refractivity contribution in [3.63, 3.8) is 0 Å². The fraction of sp³-hybridized carbons (Fsp3) is 0.529. The Morgan fingerprint density at radius 2 is 2.09 bits per heavy atom. The third-order valence-corrected chi connectivity index (χ3v) is 4.91. The molecule has 4 rings (SSSR count). The number of fused-ring (bicyclic) bond motifs is 1. The van der Waals surface area contributed by atoms with Crippen LogP contribution in [0.5, 0.6) is 0 Å². The maximum absolute atomic E-state index is 12.4. The van der Waals surface area contributed by atoms with E-state index in [1.54, 1.807) is 0 Å². The number of rotatable bonds is 2. The van der Waals surface area contributed by atoms with Gasteiger partial charge in [0.05, 0.1) is 29.3 Å². The molecule has 1 aromatic heterocycles. The number of carbonyl (C=O) groups is 1. The molecule has 2 fully saturated rings. The topological polar surface area (TPSA) is 67.0 Å². The van der Waals surface area contributed by atoms with Gasteiger partial charge in [-0.15, -0.1) is 0 Å². The van der Waals surface area contributed by atoms with Crippen LogP contribution in [0.15, 0.2) is 24.3 Å². The number of hydrogen-bond acceptors (Lipinski definition) is 3. The molecule has 0 radical (unpaired) electrons. The van der Waals surface area contributed by atoms with Gasteiger partial charge in [-0.2, -0.15) is 0 Å². The third kappa shape index (κ3) is 2.50. The average molecular weight is 299 g/mol. The Labute approximate surface area is 129 Å². The summed E-state index contributed by atoms with van der Waals surface area (Å²) < 4.78 is 6.04. The predicted molar refractivity (Wildman–Crippen MR) is 83.7 cm³/mol. The lowest BCUT2D eigenvalue weighted by Gasteiger charge is -2.32. The molecule has 1 atom stereocenters. The van der Waals surface area contributed by atoms with Crippen molar-refractivity contribution in [3.8, 4) is 0 Å². The largest absolute Gasteiger partial charge is 0.373 e. The van der Waals surface area contributed by atoms with Crippen molar-refractivity contribution in [2.45, 2.75) is 50.2 Å². The highest BCUT2D eigenvalue weighted by Crippen LogP contribution is 2.39. The summed E-state index contributed by atoms with van der Waals surface area (Å²) in [5, 5.41) is 3.07. The van der Waals surface area contributed by atoms with Crippen LogP contribution in [0, 0.1) is 0 Å². The summed E-state index contributed by atoms with van der Waals surface area (Å²) in [4.78, 5) is 19.8. The SMILES string of the molecule is O=C(N[C@H]1COC2(CCCCC2)C1)c1nc2ccccc2[nH]1. The molecule has 22 heavy (non-hydrogen) atoms. The van der Waals surface area contributed by atoms with E-state index in [1.807, 2.05) is 24.3 Å². The van der Waals surface area contributed by atoms with Crippen molar-refractivity contribution in [2.24, 2.45) is 0 Å². The van der Waals surface area contributed by atoms with E-state index >= 15 is 0 Å². The second-order valence-electron chi connectivity index (χ2n) is 6.53. The van der Waals surface area contributed by atoms with Crippen LogP contribution >= 0.6 is 0 Å². The number of hydrogen-bond donors (Lipinski definition) is 2. The molecule has 2 aromatic rings. The Hall–Kier alpha value is -1.88. The van der Waals surface area contributed by atoms with Gasteiger partial charge in [0, 0.05) is 0 Å². The monoisotopic (exact) mass is 299 g/mol. The molecule has 1 aliphatic carbocycles. The van der Waals surface area contributed by atoms with Crippen molar-refractivity contribution in [1.82, 2.24) is 15.3 Å². The van der Waals surface area contributed by atoms with Gasteiger partial charge in [0.1, 0.15) is 0 Å². The van der Waals surface area contributed by atoms with Crippen molar-refractivity contribution >= 4 is 16.9 Å². The minimum Gasteiger partial charge on any atom is -0.373 e. The van der Waals surface area contributed by atoms with Gasteiger partial charge in [0.2, 0.25) is 0 Å². The van der Waals surface area contributed by atoms with Crippen molar-refractivity contribution < 1.29 is 9.53 Å². The molecule has 1 saturated heterocycles. The molecule has 2 heterocycles. The lowest BCUT2D eigenvalue weighted by molar-refractivity contribution is -0.0246. The number of H-pyrrole nitrogens is 1. The molecule has 1 aliphatic heterocycles. The van der Waals surface area contributed by atoms with E-state index in [2.05, 4.69) is 15.3 Å². The minimum atomic E-state index is -0.141. The standard InChI is InChI=1S/C17H21N3O2/c21-16(15-19-13-6-2-3-7-14(13)20-15)18-12-10-17(22-11-12)8-4-1-5-9-17/h2-3,6-7,12H,1,4-5,8-11H2,(H,18,21)(H,19,20)/t12-/m1/s1. The zero-order valence-electron chi connectivity index (χ0n) is 12.6. The first kappa shape index (κ1) is 13.8.